The van der Waals surface area contributed by atoms with Crippen LogP contribution in [-0.2, 0) is 0 Å². The van der Waals surface area contributed by atoms with E-state index < -0.39 is 5.82 Å². The molecule has 1 fully saturated rings. The lowest BCUT2D eigenvalue weighted by molar-refractivity contribution is 0.221. The summed E-state index contributed by atoms with van der Waals surface area (Å²) >= 11 is 5.78. The number of imidazole rings is 1. The van der Waals surface area contributed by atoms with Gasteiger partial charge in [-0.15, -0.1) is 0 Å². The molecule has 30 heavy (non-hydrogen) atoms. The highest BCUT2D eigenvalue weighted by atomic mass is 35.5. The number of nitrogens with one attached hydrogen (secondary N) is 1. The van der Waals surface area contributed by atoms with Crippen molar-refractivity contribution in [1.82, 2.24) is 19.4 Å². The zero-order valence-electron chi connectivity index (χ0n) is 15.8. The predicted octanol–water partition coefficient (Wildman–Crippen LogP) is 4.96. The van der Waals surface area contributed by atoms with E-state index in [4.69, 9.17) is 16.0 Å². The topological polar surface area (TPSA) is 76.2 Å². The van der Waals surface area contributed by atoms with Crippen molar-refractivity contribution in [3.8, 4) is 11.6 Å². The second kappa shape index (κ2) is 7.46. The molecule has 9 heteroatoms. The average Bonchev–Trinajstić information content (AvgIpc) is 3.48. The van der Waals surface area contributed by atoms with Crippen LogP contribution in [0.1, 0.15) is 12.5 Å². The second-order valence-corrected chi connectivity index (χ2v) is 7.51. The van der Waals surface area contributed by atoms with Crippen molar-refractivity contribution in [3.63, 3.8) is 0 Å². The van der Waals surface area contributed by atoms with Gasteiger partial charge in [-0.05, 0) is 48.9 Å². The summed E-state index contributed by atoms with van der Waals surface area (Å²) in [6, 6.07) is 11.1. The number of fused-ring (bicyclic) bond motifs is 1. The number of rotatable bonds is 3. The zero-order valence-corrected chi connectivity index (χ0v) is 16.5. The minimum atomic E-state index is -0.573. The molecule has 0 spiro atoms. The quantitative estimate of drug-likeness (QED) is 0.503. The lowest BCUT2D eigenvalue weighted by Crippen LogP contribution is -2.33. The van der Waals surface area contributed by atoms with E-state index in [1.807, 2.05) is 28.8 Å². The van der Waals surface area contributed by atoms with E-state index in [1.54, 1.807) is 17.4 Å². The molecule has 0 aliphatic carbocycles. The highest BCUT2D eigenvalue weighted by Gasteiger charge is 2.31. The van der Waals surface area contributed by atoms with Crippen molar-refractivity contribution in [2.45, 2.75) is 12.5 Å². The molecule has 1 aromatic carbocycles. The van der Waals surface area contributed by atoms with E-state index >= 15 is 0 Å². The van der Waals surface area contributed by atoms with Crippen LogP contribution in [0, 0.1) is 5.82 Å². The van der Waals surface area contributed by atoms with Crippen molar-refractivity contribution < 1.29 is 13.6 Å². The predicted molar refractivity (Wildman–Crippen MR) is 111 cm³/mol. The normalized spacial score (nSPS) is 16.3. The third kappa shape index (κ3) is 3.29. The zero-order chi connectivity index (χ0) is 20.7. The van der Waals surface area contributed by atoms with Gasteiger partial charge in [-0.25, -0.2) is 19.2 Å². The molecule has 1 atom stereocenters. The molecule has 5 rings (SSSR count). The number of benzene rings is 1. The number of hydrogen-bond donors (Lipinski definition) is 1. The van der Waals surface area contributed by atoms with Gasteiger partial charge in [0.2, 0.25) is 0 Å². The Bertz CT molecular complexity index is 1220. The molecule has 4 heterocycles. The van der Waals surface area contributed by atoms with Gasteiger partial charge in [-0.3, -0.25) is 0 Å². The maximum Gasteiger partial charge on any atom is 0.321 e. The molecule has 0 bridgehead atoms. The first-order valence-corrected chi connectivity index (χ1v) is 9.86. The van der Waals surface area contributed by atoms with Gasteiger partial charge in [0.15, 0.2) is 17.2 Å². The summed E-state index contributed by atoms with van der Waals surface area (Å²) in [6.07, 6.45) is 4.03. The van der Waals surface area contributed by atoms with E-state index in [0.29, 0.717) is 31.1 Å². The molecule has 1 aliphatic heterocycles. The van der Waals surface area contributed by atoms with Crippen LogP contribution in [-0.4, -0.2) is 38.6 Å². The summed E-state index contributed by atoms with van der Waals surface area (Å²) in [4.78, 5) is 23.5. The fourth-order valence-electron chi connectivity index (χ4n) is 3.78. The Balaban J connectivity index is 1.41. The lowest BCUT2D eigenvalue weighted by Gasteiger charge is -2.19. The number of pyridine rings is 1. The summed E-state index contributed by atoms with van der Waals surface area (Å²) in [5.74, 6) is 0.736. The molecule has 1 saturated heterocycles. The van der Waals surface area contributed by atoms with Crippen LogP contribution in [0.5, 0.6) is 0 Å². The molecule has 152 valence electrons. The Kier molecular flexibility index (Phi) is 4.63. The van der Waals surface area contributed by atoms with Crippen molar-refractivity contribution >= 4 is 34.5 Å². The smallest absolute Gasteiger partial charge is 0.321 e. The Hall–Kier alpha value is -3.39. The van der Waals surface area contributed by atoms with Crippen LogP contribution in [0.2, 0.25) is 5.02 Å². The number of carbonyl (C=O) groups excluding carboxylic acids is 1. The molecular weight excluding hydrogens is 409 g/mol. The average molecular weight is 426 g/mol. The molecule has 4 aromatic rings. The van der Waals surface area contributed by atoms with Gasteiger partial charge < -0.3 is 19.2 Å². The fraction of sp³-hybridized carbons (Fsp3) is 0.190. The number of furan rings is 1. The van der Waals surface area contributed by atoms with E-state index in [1.165, 1.54) is 18.2 Å². The van der Waals surface area contributed by atoms with Crippen LogP contribution < -0.4 is 5.32 Å². The number of nitrogens with zero attached hydrogens (tertiary/aromatic N) is 4. The molecule has 2 amide bonds. The number of halogens is 2. The molecule has 0 saturated carbocycles. The standard InChI is InChI=1S/C21H17ClFN5O2/c22-13-5-6-16(15(23)11-13)26-21(29)27-9-7-14(12-27)28-19-17(3-1-8-24-19)25-20(28)18-4-2-10-30-18/h1-6,8,10-11,14H,7,9,12H2,(H,26,29). The first-order valence-electron chi connectivity index (χ1n) is 9.48. The Morgan fingerprint density at radius 3 is 2.97 bits per heavy atom. The Morgan fingerprint density at radius 1 is 1.27 bits per heavy atom. The molecule has 1 unspecified atom stereocenters. The Labute approximate surface area is 176 Å². The molecule has 1 N–H and O–H groups in total. The summed E-state index contributed by atoms with van der Waals surface area (Å²) in [5.41, 5.74) is 1.59. The number of anilines is 1. The minimum absolute atomic E-state index is 0.0363. The lowest BCUT2D eigenvalue weighted by atomic mass is 10.2. The van der Waals surface area contributed by atoms with Gasteiger partial charge >= 0.3 is 6.03 Å². The van der Waals surface area contributed by atoms with Gasteiger partial charge in [0.1, 0.15) is 11.3 Å². The van der Waals surface area contributed by atoms with Gasteiger partial charge in [0, 0.05) is 24.3 Å². The van der Waals surface area contributed by atoms with E-state index in [-0.39, 0.29) is 22.8 Å². The third-order valence-corrected chi connectivity index (χ3v) is 5.41. The number of aromatic nitrogens is 3. The SMILES string of the molecule is O=C(Nc1ccc(Cl)cc1F)N1CCC(n2c(-c3ccco3)nc3cccnc32)C1. The maximum atomic E-state index is 14.0. The summed E-state index contributed by atoms with van der Waals surface area (Å²) in [7, 11) is 0. The van der Waals surface area contributed by atoms with E-state index in [9.17, 15) is 9.18 Å². The van der Waals surface area contributed by atoms with Gasteiger partial charge in [-0.2, -0.15) is 0 Å². The van der Waals surface area contributed by atoms with E-state index in [2.05, 4.69) is 15.3 Å². The highest BCUT2D eigenvalue weighted by Crippen LogP contribution is 2.32. The number of urea groups is 1. The van der Waals surface area contributed by atoms with Gasteiger partial charge in [0.25, 0.3) is 0 Å². The van der Waals surface area contributed by atoms with Crippen molar-refractivity contribution in [3.05, 3.63) is 65.8 Å². The molecule has 3 aromatic heterocycles. The highest BCUT2D eigenvalue weighted by molar-refractivity contribution is 6.30. The Morgan fingerprint density at radius 2 is 2.17 bits per heavy atom. The van der Waals surface area contributed by atoms with Crippen molar-refractivity contribution in [2.75, 3.05) is 18.4 Å². The van der Waals surface area contributed by atoms with Crippen molar-refractivity contribution in [2.24, 2.45) is 0 Å². The monoisotopic (exact) mass is 425 g/mol. The summed E-state index contributed by atoms with van der Waals surface area (Å²) in [6.45, 7) is 0.965. The first kappa shape index (κ1) is 18.6. The number of amides is 2. The van der Waals surface area contributed by atoms with Crippen LogP contribution in [0.3, 0.4) is 0 Å². The van der Waals surface area contributed by atoms with Gasteiger partial charge in [0.05, 0.1) is 18.0 Å². The van der Waals surface area contributed by atoms with Crippen molar-refractivity contribution in [1.29, 1.82) is 0 Å². The van der Waals surface area contributed by atoms with Crippen LogP contribution in [0.25, 0.3) is 22.7 Å². The number of carbonyl (C=O) groups is 1. The van der Waals surface area contributed by atoms with E-state index in [0.717, 1.165) is 11.2 Å². The molecule has 0 radical (unpaired) electrons. The fourth-order valence-corrected chi connectivity index (χ4v) is 3.94. The first-order chi connectivity index (χ1) is 14.6. The minimum Gasteiger partial charge on any atom is -0.461 e. The van der Waals surface area contributed by atoms with Crippen LogP contribution >= 0.6 is 11.6 Å². The molecule has 7 nitrogen and oxygen atoms in total. The largest absolute Gasteiger partial charge is 0.461 e. The maximum absolute atomic E-state index is 14.0. The second-order valence-electron chi connectivity index (χ2n) is 7.07. The molecular formula is C21H17ClFN5O2. The van der Waals surface area contributed by atoms with Crippen LogP contribution in [0.15, 0.2) is 59.3 Å². The number of likely N-dealkylation sites (tertiary alicyclic amines) is 1. The summed E-state index contributed by atoms with van der Waals surface area (Å²) < 4.78 is 21.6. The van der Waals surface area contributed by atoms with Crippen LogP contribution in [0.4, 0.5) is 14.9 Å². The van der Waals surface area contributed by atoms with Gasteiger partial charge in [-0.1, -0.05) is 11.6 Å². The number of hydrogen-bond acceptors (Lipinski definition) is 4. The third-order valence-electron chi connectivity index (χ3n) is 5.18. The summed E-state index contributed by atoms with van der Waals surface area (Å²) in [5, 5.41) is 2.89. The molecule has 1 aliphatic rings.